The number of carbonyl (C=O) groups excluding carboxylic acids is 1. The van der Waals surface area contributed by atoms with Gasteiger partial charge in [-0.2, -0.15) is 0 Å². The maximum atomic E-state index is 12.6. The number of allylic oxidation sites excluding steroid dienone is 1. The highest BCUT2D eigenvalue weighted by Crippen LogP contribution is 2.66. The number of epoxide rings is 1. The Morgan fingerprint density at radius 3 is 2.59 bits per heavy atom. The quantitative estimate of drug-likeness (QED) is 0.0930. The fourth-order valence-electron chi connectivity index (χ4n) is 10.1. The molecule has 0 aromatic heterocycles. The van der Waals surface area contributed by atoms with E-state index in [1.54, 1.807) is 5.57 Å². The average molecular weight is 572 g/mol. The number of hydrogen-bond donors (Lipinski definition) is 3. The Bertz CT molecular complexity index is 903. The summed E-state index contributed by atoms with van der Waals surface area (Å²) in [6, 6.07) is 0. The van der Waals surface area contributed by atoms with Crippen LogP contribution in [0.5, 0.6) is 0 Å². The van der Waals surface area contributed by atoms with Gasteiger partial charge in [0.05, 0.1) is 12.7 Å². The summed E-state index contributed by atoms with van der Waals surface area (Å²) < 4.78 is 11.2. The summed E-state index contributed by atoms with van der Waals surface area (Å²) in [4.78, 5) is 12.6. The first kappa shape index (κ1) is 31.3. The molecule has 5 aliphatic rings. The number of amides is 1. The molecule has 1 heterocycles. The Balaban J connectivity index is 1.10. The second kappa shape index (κ2) is 13.7. The van der Waals surface area contributed by atoms with Gasteiger partial charge in [0.1, 0.15) is 6.10 Å². The van der Waals surface area contributed by atoms with Crippen LogP contribution in [-0.4, -0.2) is 44.5 Å². The maximum Gasteiger partial charge on any atom is 0.407 e. The van der Waals surface area contributed by atoms with Crippen molar-refractivity contribution in [2.75, 3.05) is 26.2 Å². The second-order valence-corrected chi connectivity index (χ2v) is 15.4. The largest absolute Gasteiger partial charge is 0.446 e. The zero-order chi connectivity index (χ0) is 29.0. The summed E-state index contributed by atoms with van der Waals surface area (Å²) in [6.07, 6.45) is 19.3. The zero-order valence-corrected chi connectivity index (χ0v) is 26.9. The lowest BCUT2D eigenvalue weighted by Crippen LogP contribution is -2.49. The van der Waals surface area contributed by atoms with Gasteiger partial charge < -0.3 is 14.8 Å². The van der Waals surface area contributed by atoms with Gasteiger partial charge >= 0.3 is 6.09 Å². The van der Waals surface area contributed by atoms with Gasteiger partial charge in [0, 0.05) is 26.1 Å². The standard InChI is InChI=1S/C35H61N3O3/c1-24(2)8-6-9-25(3)30-12-13-31-29-11-7-10-26-22-27(14-17-34(26,4)32(29)15-18-35(30,31)5)41-33(39)36-20-21-38-37-19-16-28-23-40-28/h10,24-25,27-32,37-38H,6-9,11-23H2,1-5H3,(H,36,39)/t25-,27+,28?,29-,30-,31?,32+,34+,35-/m1/s1. The lowest BCUT2D eigenvalue weighted by Gasteiger charge is -2.55. The molecule has 0 bridgehead atoms. The van der Waals surface area contributed by atoms with Gasteiger partial charge in [-0.1, -0.05) is 65.5 Å². The lowest BCUT2D eigenvalue weighted by atomic mass is 9.49. The second-order valence-electron chi connectivity index (χ2n) is 15.4. The van der Waals surface area contributed by atoms with E-state index < -0.39 is 0 Å². The van der Waals surface area contributed by atoms with E-state index in [9.17, 15) is 4.79 Å². The van der Waals surface area contributed by atoms with E-state index in [2.05, 4.69) is 56.9 Å². The molecular weight excluding hydrogens is 510 g/mol. The van der Waals surface area contributed by atoms with Crippen molar-refractivity contribution in [1.82, 2.24) is 16.2 Å². The van der Waals surface area contributed by atoms with Crippen LogP contribution < -0.4 is 16.2 Å². The van der Waals surface area contributed by atoms with Gasteiger partial charge in [-0.05, 0) is 104 Å². The molecule has 1 aliphatic heterocycles. The number of alkyl carbamates (subject to hydrolysis) is 1. The van der Waals surface area contributed by atoms with Gasteiger partial charge in [0.25, 0.3) is 0 Å². The first-order valence-electron chi connectivity index (χ1n) is 17.4. The molecule has 0 aromatic carbocycles. The number of ether oxygens (including phenoxy) is 2. The van der Waals surface area contributed by atoms with Gasteiger partial charge in [0.2, 0.25) is 0 Å². The number of hydrogen-bond acceptors (Lipinski definition) is 5. The molecule has 4 fully saturated rings. The molecule has 0 spiro atoms. The summed E-state index contributed by atoms with van der Waals surface area (Å²) in [7, 11) is 0. The summed E-state index contributed by atoms with van der Waals surface area (Å²) >= 11 is 0. The van der Waals surface area contributed by atoms with Gasteiger partial charge in [-0.3, -0.25) is 10.9 Å². The van der Waals surface area contributed by atoms with Crippen LogP contribution in [-0.2, 0) is 9.47 Å². The summed E-state index contributed by atoms with van der Waals surface area (Å²) in [5.41, 5.74) is 8.75. The zero-order valence-electron chi connectivity index (χ0n) is 26.9. The molecule has 1 amide bonds. The Hall–Kier alpha value is -1.11. The average Bonchev–Trinajstić information content (AvgIpc) is 3.70. The van der Waals surface area contributed by atoms with Crippen molar-refractivity contribution >= 4 is 6.09 Å². The minimum atomic E-state index is -0.271. The van der Waals surface area contributed by atoms with Crippen molar-refractivity contribution in [3.8, 4) is 0 Å². The molecule has 3 N–H and O–H groups in total. The van der Waals surface area contributed by atoms with E-state index in [0.29, 0.717) is 24.6 Å². The molecule has 2 unspecified atom stereocenters. The first-order valence-corrected chi connectivity index (χ1v) is 17.4. The summed E-state index contributed by atoms with van der Waals surface area (Å²) in [6.45, 7) is 15.6. The molecule has 1 saturated heterocycles. The highest BCUT2D eigenvalue weighted by Gasteiger charge is 2.58. The molecule has 0 aromatic rings. The number of hydrazine groups is 1. The third-order valence-corrected chi connectivity index (χ3v) is 12.4. The number of nitrogens with one attached hydrogen (secondary N) is 3. The minimum Gasteiger partial charge on any atom is -0.446 e. The van der Waals surface area contributed by atoms with Crippen LogP contribution in [0, 0.1) is 46.3 Å². The SMILES string of the molecule is CC(C)CCC[C@@H](C)[C@H]1CCC2[C@H]3CCC=C4C[C@@H](OC(=O)NCCNNCCC5CO5)CC[C@]4(C)[C@H]3CC[C@@]21C. The molecule has 41 heavy (non-hydrogen) atoms. The van der Waals surface area contributed by atoms with Crippen LogP contribution >= 0.6 is 0 Å². The van der Waals surface area contributed by atoms with E-state index in [1.807, 2.05) is 0 Å². The van der Waals surface area contributed by atoms with Crippen LogP contribution in [0.1, 0.15) is 118 Å². The van der Waals surface area contributed by atoms with Crippen molar-refractivity contribution < 1.29 is 14.3 Å². The van der Waals surface area contributed by atoms with Crippen molar-refractivity contribution in [3.63, 3.8) is 0 Å². The van der Waals surface area contributed by atoms with E-state index in [4.69, 9.17) is 9.47 Å². The molecule has 9 atom stereocenters. The Labute approximate surface area is 250 Å². The summed E-state index contributed by atoms with van der Waals surface area (Å²) in [5, 5.41) is 2.93. The van der Waals surface area contributed by atoms with E-state index >= 15 is 0 Å². The van der Waals surface area contributed by atoms with Crippen LogP contribution in [0.3, 0.4) is 0 Å². The highest BCUT2D eigenvalue weighted by molar-refractivity contribution is 5.67. The molecule has 234 valence electrons. The van der Waals surface area contributed by atoms with Crippen LogP contribution in [0.4, 0.5) is 4.79 Å². The molecule has 4 aliphatic carbocycles. The number of fused-ring (bicyclic) bond motifs is 5. The highest BCUT2D eigenvalue weighted by atomic mass is 16.6. The fourth-order valence-corrected chi connectivity index (χ4v) is 10.1. The fraction of sp³-hybridized carbons (Fsp3) is 0.914. The predicted octanol–water partition coefficient (Wildman–Crippen LogP) is 7.40. The van der Waals surface area contributed by atoms with Gasteiger partial charge in [-0.15, -0.1) is 0 Å². The van der Waals surface area contributed by atoms with Crippen molar-refractivity contribution in [2.24, 2.45) is 46.3 Å². The molecule has 5 rings (SSSR count). The molecule has 0 radical (unpaired) electrons. The van der Waals surface area contributed by atoms with Crippen LogP contribution in [0.2, 0.25) is 0 Å². The minimum absolute atomic E-state index is 0.00640. The predicted molar refractivity (Wildman–Crippen MR) is 166 cm³/mol. The first-order chi connectivity index (χ1) is 19.7. The Morgan fingerprint density at radius 2 is 1.80 bits per heavy atom. The maximum absolute atomic E-state index is 12.6. The lowest BCUT2D eigenvalue weighted by molar-refractivity contribution is -0.0514. The Kier molecular flexibility index (Phi) is 10.4. The number of carbonyl (C=O) groups is 1. The van der Waals surface area contributed by atoms with Crippen LogP contribution in [0.15, 0.2) is 11.6 Å². The van der Waals surface area contributed by atoms with E-state index in [0.717, 1.165) is 74.3 Å². The monoisotopic (exact) mass is 571 g/mol. The van der Waals surface area contributed by atoms with Crippen molar-refractivity contribution in [2.45, 2.75) is 130 Å². The molecule has 3 saturated carbocycles. The van der Waals surface area contributed by atoms with E-state index in [1.165, 1.54) is 57.8 Å². The van der Waals surface area contributed by atoms with Crippen molar-refractivity contribution in [3.05, 3.63) is 11.6 Å². The van der Waals surface area contributed by atoms with Crippen LogP contribution in [0.25, 0.3) is 0 Å². The third kappa shape index (κ3) is 7.34. The third-order valence-electron chi connectivity index (χ3n) is 12.4. The van der Waals surface area contributed by atoms with E-state index in [-0.39, 0.29) is 17.6 Å². The molecule has 6 nitrogen and oxygen atoms in total. The van der Waals surface area contributed by atoms with Gasteiger partial charge in [-0.25, -0.2) is 4.79 Å². The molecule has 6 heteroatoms. The number of rotatable bonds is 13. The summed E-state index contributed by atoms with van der Waals surface area (Å²) in [5.74, 6) is 5.16. The molecular formula is C35H61N3O3. The Morgan fingerprint density at radius 1 is 1.00 bits per heavy atom. The topological polar surface area (TPSA) is 74.9 Å². The van der Waals surface area contributed by atoms with Crippen molar-refractivity contribution in [1.29, 1.82) is 0 Å². The normalized spacial score (nSPS) is 38.7. The van der Waals surface area contributed by atoms with Gasteiger partial charge in [0.15, 0.2) is 0 Å². The smallest absolute Gasteiger partial charge is 0.407 e.